The van der Waals surface area contributed by atoms with E-state index in [0.717, 1.165) is 16.8 Å². The molecule has 1 heterocycles. The quantitative estimate of drug-likeness (QED) is 0.629. The first-order chi connectivity index (χ1) is 12.4. The van der Waals surface area contributed by atoms with Crippen molar-refractivity contribution in [3.63, 3.8) is 0 Å². The van der Waals surface area contributed by atoms with E-state index in [1.165, 1.54) is 12.3 Å². The summed E-state index contributed by atoms with van der Waals surface area (Å²) in [5, 5.41) is 6.54. The number of aromatic nitrogens is 2. The maximum Gasteiger partial charge on any atom is 0.274 e. The van der Waals surface area contributed by atoms with E-state index in [4.69, 9.17) is 23.2 Å². The minimum Gasteiger partial charge on any atom is -0.324 e. The van der Waals surface area contributed by atoms with Crippen molar-refractivity contribution < 1.29 is 4.79 Å². The van der Waals surface area contributed by atoms with Crippen molar-refractivity contribution in [3.05, 3.63) is 75.5 Å². The van der Waals surface area contributed by atoms with Gasteiger partial charge in [0.15, 0.2) is 0 Å². The Balaban J connectivity index is 1.83. The van der Waals surface area contributed by atoms with Gasteiger partial charge in [0, 0.05) is 11.9 Å². The first-order valence-electron chi connectivity index (χ1n) is 7.87. The number of nitrogens with zero attached hydrogens (tertiary/aromatic N) is 2. The summed E-state index contributed by atoms with van der Waals surface area (Å²) in [5.41, 5.74) is 3.60. The molecule has 132 valence electrons. The largest absolute Gasteiger partial charge is 0.324 e. The molecular weight excluding hydrogens is 371 g/mol. The molecule has 1 amide bonds. The second-order valence-electron chi connectivity index (χ2n) is 5.76. The van der Waals surface area contributed by atoms with Crippen LogP contribution >= 0.6 is 23.2 Å². The zero-order valence-electron chi connectivity index (χ0n) is 14.2. The zero-order valence-corrected chi connectivity index (χ0v) is 15.7. The highest BCUT2D eigenvalue weighted by molar-refractivity contribution is 6.40. The predicted molar refractivity (Wildman–Crippen MR) is 106 cm³/mol. The molecule has 2 N–H and O–H groups in total. The number of aryl methyl sites for hydroxylation is 2. The molecule has 7 heteroatoms. The molecule has 3 rings (SSSR count). The van der Waals surface area contributed by atoms with Crippen LogP contribution in [0.5, 0.6) is 0 Å². The van der Waals surface area contributed by atoms with Crippen LogP contribution < -0.4 is 10.6 Å². The van der Waals surface area contributed by atoms with Crippen molar-refractivity contribution in [2.75, 3.05) is 10.6 Å². The molecule has 2 aromatic carbocycles. The lowest BCUT2D eigenvalue weighted by atomic mass is 10.1. The Morgan fingerprint density at radius 2 is 1.77 bits per heavy atom. The van der Waals surface area contributed by atoms with Gasteiger partial charge in [0.05, 0.1) is 15.7 Å². The third-order valence-electron chi connectivity index (χ3n) is 3.73. The topological polar surface area (TPSA) is 66.9 Å². The molecule has 0 saturated carbocycles. The van der Waals surface area contributed by atoms with Crippen LogP contribution in [0.3, 0.4) is 0 Å². The Morgan fingerprint density at radius 3 is 2.50 bits per heavy atom. The summed E-state index contributed by atoms with van der Waals surface area (Å²) in [6.45, 7) is 3.99. The van der Waals surface area contributed by atoms with Gasteiger partial charge in [-0.25, -0.2) is 9.97 Å². The average Bonchev–Trinajstić information content (AvgIpc) is 2.61. The van der Waals surface area contributed by atoms with Crippen molar-refractivity contribution in [1.82, 2.24) is 9.97 Å². The first kappa shape index (κ1) is 18.2. The molecule has 0 radical (unpaired) electrons. The SMILES string of the molecule is Cc1ccc(C)c(Nc2nccc(C(=O)Nc3c(Cl)cccc3Cl)n2)c1. The van der Waals surface area contributed by atoms with E-state index in [-0.39, 0.29) is 5.69 Å². The number of hydrogen-bond acceptors (Lipinski definition) is 4. The van der Waals surface area contributed by atoms with Gasteiger partial charge in [-0.3, -0.25) is 4.79 Å². The van der Waals surface area contributed by atoms with Crippen LogP contribution in [0.2, 0.25) is 10.0 Å². The number of amides is 1. The van der Waals surface area contributed by atoms with Gasteiger partial charge in [0.1, 0.15) is 5.69 Å². The molecule has 26 heavy (non-hydrogen) atoms. The number of anilines is 3. The Bertz CT molecular complexity index is 955. The summed E-state index contributed by atoms with van der Waals surface area (Å²) in [4.78, 5) is 20.9. The Kier molecular flexibility index (Phi) is 5.40. The molecule has 1 aromatic heterocycles. The van der Waals surface area contributed by atoms with E-state index < -0.39 is 5.91 Å². The number of carbonyl (C=O) groups is 1. The average molecular weight is 387 g/mol. The lowest BCUT2D eigenvalue weighted by Gasteiger charge is -2.11. The molecule has 0 spiro atoms. The number of carbonyl (C=O) groups excluding carboxylic acids is 1. The smallest absolute Gasteiger partial charge is 0.274 e. The van der Waals surface area contributed by atoms with Gasteiger partial charge in [-0.2, -0.15) is 0 Å². The lowest BCUT2D eigenvalue weighted by molar-refractivity contribution is 0.102. The van der Waals surface area contributed by atoms with Crippen LogP contribution in [-0.2, 0) is 0 Å². The van der Waals surface area contributed by atoms with Gasteiger partial charge in [-0.15, -0.1) is 0 Å². The standard InChI is InChI=1S/C19H16Cl2N4O/c1-11-6-7-12(2)16(10-11)24-19-22-9-8-15(23-19)18(26)25-17-13(20)4-3-5-14(17)21/h3-10H,1-2H3,(H,25,26)(H,22,23,24). The summed E-state index contributed by atoms with van der Waals surface area (Å²) < 4.78 is 0. The lowest BCUT2D eigenvalue weighted by Crippen LogP contribution is -2.15. The summed E-state index contributed by atoms with van der Waals surface area (Å²) in [6, 6.07) is 12.6. The van der Waals surface area contributed by atoms with Crippen LogP contribution in [0.4, 0.5) is 17.3 Å². The number of rotatable bonds is 4. The second kappa shape index (κ2) is 7.72. The van der Waals surface area contributed by atoms with Crippen molar-refractivity contribution >= 4 is 46.4 Å². The molecule has 0 fully saturated rings. The van der Waals surface area contributed by atoms with Gasteiger partial charge in [-0.1, -0.05) is 41.4 Å². The highest BCUT2D eigenvalue weighted by Gasteiger charge is 2.14. The summed E-state index contributed by atoms with van der Waals surface area (Å²) >= 11 is 12.2. The van der Waals surface area contributed by atoms with Crippen molar-refractivity contribution in [2.45, 2.75) is 13.8 Å². The first-order valence-corrected chi connectivity index (χ1v) is 8.62. The molecule has 0 aliphatic carbocycles. The minimum atomic E-state index is -0.425. The molecule has 3 aromatic rings. The van der Waals surface area contributed by atoms with E-state index in [0.29, 0.717) is 21.7 Å². The fourth-order valence-corrected chi connectivity index (χ4v) is 2.82. The fourth-order valence-electron chi connectivity index (χ4n) is 2.33. The second-order valence-corrected chi connectivity index (χ2v) is 6.57. The number of halogens is 2. The van der Waals surface area contributed by atoms with Crippen molar-refractivity contribution in [3.8, 4) is 0 Å². The summed E-state index contributed by atoms with van der Waals surface area (Å²) in [5.74, 6) is -0.0944. The maximum atomic E-state index is 12.5. The Morgan fingerprint density at radius 1 is 1.04 bits per heavy atom. The molecule has 0 saturated heterocycles. The summed E-state index contributed by atoms with van der Waals surface area (Å²) in [6.07, 6.45) is 1.52. The van der Waals surface area contributed by atoms with E-state index in [2.05, 4.69) is 20.6 Å². The third kappa shape index (κ3) is 4.12. The van der Waals surface area contributed by atoms with Crippen LogP contribution in [-0.4, -0.2) is 15.9 Å². The fraction of sp³-hybridized carbons (Fsp3) is 0.105. The van der Waals surface area contributed by atoms with Gasteiger partial charge in [-0.05, 0) is 49.2 Å². The number of hydrogen-bond donors (Lipinski definition) is 2. The van der Waals surface area contributed by atoms with Gasteiger partial charge in [0.25, 0.3) is 5.91 Å². The van der Waals surface area contributed by atoms with Crippen LogP contribution in [0.25, 0.3) is 0 Å². The van der Waals surface area contributed by atoms with Crippen LogP contribution in [0.1, 0.15) is 21.6 Å². The Hall–Kier alpha value is -2.63. The molecule has 0 bridgehead atoms. The van der Waals surface area contributed by atoms with Crippen molar-refractivity contribution in [1.29, 1.82) is 0 Å². The maximum absolute atomic E-state index is 12.5. The van der Waals surface area contributed by atoms with Gasteiger partial charge >= 0.3 is 0 Å². The van der Waals surface area contributed by atoms with E-state index in [1.807, 2.05) is 32.0 Å². The minimum absolute atomic E-state index is 0.198. The van der Waals surface area contributed by atoms with E-state index in [1.54, 1.807) is 18.2 Å². The molecule has 0 aliphatic rings. The predicted octanol–water partition coefficient (Wildman–Crippen LogP) is 5.40. The van der Waals surface area contributed by atoms with Crippen LogP contribution in [0, 0.1) is 13.8 Å². The molecule has 0 aliphatic heterocycles. The van der Waals surface area contributed by atoms with Crippen LogP contribution in [0.15, 0.2) is 48.7 Å². The number of para-hydroxylation sites is 1. The highest BCUT2D eigenvalue weighted by atomic mass is 35.5. The van der Waals surface area contributed by atoms with E-state index in [9.17, 15) is 4.79 Å². The third-order valence-corrected chi connectivity index (χ3v) is 4.36. The normalized spacial score (nSPS) is 10.5. The van der Waals surface area contributed by atoms with E-state index >= 15 is 0 Å². The van der Waals surface area contributed by atoms with Gasteiger partial charge in [0.2, 0.25) is 5.95 Å². The van der Waals surface area contributed by atoms with Crippen molar-refractivity contribution in [2.24, 2.45) is 0 Å². The number of benzene rings is 2. The van der Waals surface area contributed by atoms with Gasteiger partial charge < -0.3 is 10.6 Å². The molecule has 5 nitrogen and oxygen atoms in total. The Labute approximate surface area is 161 Å². The number of nitrogens with one attached hydrogen (secondary N) is 2. The monoisotopic (exact) mass is 386 g/mol. The summed E-state index contributed by atoms with van der Waals surface area (Å²) in [7, 11) is 0. The zero-order chi connectivity index (χ0) is 18.7. The molecular formula is C19H16Cl2N4O. The molecule has 0 atom stereocenters. The molecule has 0 unspecified atom stereocenters. The highest BCUT2D eigenvalue weighted by Crippen LogP contribution is 2.30.